The first-order chi connectivity index (χ1) is 31.0. The largest absolute Gasteiger partial charge is 0.334 e. The van der Waals surface area contributed by atoms with Crippen molar-refractivity contribution in [2.75, 3.05) is 14.7 Å². The first-order valence-corrected chi connectivity index (χ1v) is 25.2. The lowest BCUT2D eigenvalue weighted by Crippen LogP contribution is -2.61. The van der Waals surface area contributed by atoms with Gasteiger partial charge < -0.3 is 14.7 Å². The fourth-order valence-electron chi connectivity index (χ4n) is 12.3. The van der Waals surface area contributed by atoms with Gasteiger partial charge in [-0.3, -0.25) is 0 Å². The summed E-state index contributed by atoms with van der Waals surface area (Å²) in [4.78, 5) is 8.12. The normalized spacial score (nSPS) is 20.5. The molecule has 10 rings (SSSR count). The molecule has 6 aromatic rings. The van der Waals surface area contributed by atoms with Crippen molar-refractivity contribution in [1.82, 2.24) is 0 Å². The van der Waals surface area contributed by atoms with Gasteiger partial charge in [0, 0.05) is 50.9 Å². The Balaban J connectivity index is 1.35. The lowest BCUT2D eigenvalue weighted by Gasteiger charge is -2.50. The van der Waals surface area contributed by atoms with E-state index in [1.165, 1.54) is 122 Å². The Morgan fingerprint density at radius 2 is 0.970 bits per heavy atom. The van der Waals surface area contributed by atoms with E-state index >= 15 is 0 Å². The number of nitrogens with zero attached hydrogens (tertiary/aromatic N) is 3. The number of hydrogen-bond donors (Lipinski definition) is 0. The molecule has 2 atom stereocenters. The van der Waals surface area contributed by atoms with Crippen LogP contribution in [0, 0.1) is 0 Å². The summed E-state index contributed by atoms with van der Waals surface area (Å²) in [6, 6.07) is 48.5. The quantitative estimate of drug-likeness (QED) is 0.164. The molecule has 0 aromatic heterocycles. The monoisotopic (exact) mass is 872 g/mol. The Hall–Kier alpha value is -5.22. The highest BCUT2D eigenvalue weighted by Gasteiger charge is 2.57. The summed E-state index contributed by atoms with van der Waals surface area (Å²) in [5, 5.41) is 0. The van der Waals surface area contributed by atoms with Crippen LogP contribution >= 0.6 is 0 Å². The zero-order valence-corrected chi connectivity index (χ0v) is 42.7. The van der Waals surface area contributed by atoms with Gasteiger partial charge in [0.15, 0.2) is 0 Å². The number of hydrogen-bond acceptors (Lipinski definition) is 3. The Labute approximate surface area is 398 Å². The highest BCUT2D eigenvalue weighted by Crippen LogP contribution is 2.60. The molecule has 1 saturated carbocycles. The second kappa shape index (κ2) is 15.1. The maximum atomic E-state index is 2.82. The predicted octanol–water partition coefficient (Wildman–Crippen LogP) is 15.5. The summed E-state index contributed by atoms with van der Waals surface area (Å²) >= 11 is 0. The molecule has 66 heavy (non-hydrogen) atoms. The predicted molar refractivity (Wildman–Crippen MR) is 287 cm³/mol. The molecule has 4 heteroatoms. The number of benzene rings is 6. The lowest BCUT2D eigenvalue weighted by molar-refractivity contribution is 0.218. The van der Waals surface area contributed by atoms with Gasteiger partial charge in [-0.2, -0.15) is 0 Å². The van der Waals surface area contributed by atoms with Crippen LogP contribution in [-0.4, -0.2) is 12.3 Å². The van der Waals surface area contributed by atoms with Crippen LogP contribution in [0.2, 0.25) is 0 Å². The molecule has 1 aliphatic carbocycles. The maximum absolute atomic E-state index is 2.82. The third-order valence-corrected chi connectivity index (χ3v) is 16.5. The number of fused-ring (bicyclic) bond motifs is 7. The van der Waals surface area contributed by atoms with Gasteiger partial charge >= 0.3 is 0 Å². The van der Waals surface area contributed by atoms with E-state index in [1.807, 2.05) is 0 Å². The molecule has 0 spiro atoms. The molecule has 0 radical (unpaired) electrons. The van der Waals surface area contributed by atoms with Crippen LogP contribution in [0.5, 0.6) is 0 Å². The number of anilines is 8. The van der Waals surface area contributed by atoms with Crippen LogP contribution in [0.25, 0.3) is 0 Å². The minimum absolute atomic E-state index is 0.00699. The second-order valence-corrected chi connectivity index (χ2v) is 25.0. The molecule has 1 fully saturated rings. The zero-order valence-electron chi connectivity index (χ0n) is 42.7. The van der Waals surface area contributed by atoms with Gasteiger partial charge in [0.25, 0.3) is 6.71 Å². The summed E-state index contributed by atoms with van der Waals surface area (Å²) in [6.07, 6.45) is 7.46. The molecule has 0 saturated heterocycles. The Kier molecular flexibility index (Phi) is 10.2. The fourth-order valence-corrected chi connectivity index (χ4v) is 12.3. The van der Waals surface area contributed by atoms with Crippen molar-refractivity contribution >= 4 is 68.6 Å². The number of rotatable bonds is 3. The van der Waals surface area contributed by atoms with E-state index in [0.717, 1.165) is 6.42 Å². The van der Waals surface area contributed by atoms with Crippen molar-refractivity contribution in [1.29, 1.82) is 0 Å². The molecule has 6 aromatic carbocycles. The first-order valence-electron chi connectivity index (χ1n) is 25.2. The summed E-state index contributed by atoms with van der Waals surface area (Å²) in [7, 11) is 0. The van der Waals surface area contributed by atoms with E-state index in [9.17, 15) is 0 Å². The SMILES string of the molecule is CC(C)(C)c1ccc(N2c3ccc(C(C)(C)C)cc3B3c4ccc(C(C)(C)C)cc4N(c4cccc(C(C)(C)C)c4)c4cc(N5c6ccccc6C6(C)CCCCCCC56C)cc2c43)cc1. The molecule has 2 unspecified atom stereocenters. The summed E-state index contributed by atoms with van der Waals surface area (Å²) < 4.78 is 0. The van der Waals surface area contributed by atoms with E-state index in [4.69, 9.17) is 0 Å². The average Bonchev–Trinajstić information content (AvgIpc) is 3.43. The molecule has 3 heterocycles. The second-order valence-electron chi connectivity index (χ2n) is 25.0. The van der Waals surface area contributed by atoms with Crippen LogP contribution in [0.3, 0.4) is 0 Å². The van der Waals surface area contributed by atoms with E-state index in [0.29, 0.717) is 0 Å². The lowest BCUT2D eigenvalue weighted by atomic mass is 9.33. The first kappa shape index (κ1) is 44.6. The van der Waals surface area contributed by atoms with Crippen LogP contribution < -0.4 is 31.1 Å². The van der Waals surface area contributed by atoms with Gasteiger partial charge in [-0.15, -0.1) is 0 Å². The Bertz CT molecular complexity index is 2860. The molecular weight excluding hydrogens is 798 g/mol. The van der Waals surface area contributed by atoms with Crippen LogP contribution in [0.15, 0.2) is 121 Å². The summed E-state index contributed by atoms with van der Waals surface area (Å²) in [5.41, 5.74) is 21.1. The topological polar surface area (TPSA) is 9.72 Å². The van der Waals surface area contributed by atoms with Gasteiger partial charge in [-0.1, -0.05) is 182 Å². The zero-order chi connectivity index (χ0) is 46.9. The van der Waals surface area contributed by atoms with E-state index in [1.54, 1.807) is 0 Å². The average molecular weight is 872 g/mol. The smallest absolute Gasteiger partial charge is 0.252 e. The fraction of sp³-hybridized carbons (Fsp3) is 0.419. The Morgan fingerprint density at radius 1 is 0.409 bits per heavy atom. The van der Waals surface area contributed by atoms with Crippen molar-refractivity contribution in [3.05, 3.63) is 149 Å². The van der Waals surface area contributed by atoms with Crippen molar-refractivity contribution < 1.29 is 0 Å². The van der Waals surface area contributed by atoms with Gasteiger partial charge in [0.05, 0.1) is 5.54 Å². The molecule has 340 valence electrons. The molecular formula is C62H74BN3. The molecule has 0 amide bonds. The van der Waals surface area contributed by atoms with Gasteiger partial charge in [0.1, 0.15) is 0 Å². The highest BCUT2D eigenvalue weighted by atomic mass is 15.3. The Morgan fingerprint density at radius 3 is 1.62 bits per heavy atom. The van der Waals surface area contributed by atoms with Crippen molar-refractivity contribution in [3.63, 3.8) is 0 Å². The van der Waals surface area contributed by atoms with Gasteiger partial charge in [-0.25, -0.2) is 0 Å². The van der Waals surface area contributed by atoms with E-state index in [-0.39, 0.29) is 39.3 Å². The minimum atomic E-state index is -0.117. The van der Waals surface area contributed by atoms with Gasteiger partial charge in [0.2, 0.25) is 0 Å². The molecule has 0 N–H and O–H groups in total. The molecule has 4 aliphatic rings. The van der Waals surface area contributed by atoms with E-state index < -0.39 is 0 Å². The molecule has 3 nitrogen and oxygen atoms in total. The summed E-state index contributed by atoms with van der Waals surface area (Å²) in [6.45, 7) is 33.4. The van der Waals surface area contributed by atoms with Crippen molar-refractivity contribution in [3.8, 4) is 0 Å². The maximum Gasteiger partial charge on any atom is 0.252 e. The van der Waals surface area contributed by atoms with Crippen molar-refractivity contribution in [2.45, 2.75) is 168 Å². The third kappa shape index (κ3) is 6.97. The van der Waals surface area contributed by atoms with Crippen LogP contribution in [0.4, 0.5) is 45.5 Å². The highest BCUT2D eigenvalue weighted by molar-refractivity contribution is 7.00. The third-order valence-electron chi connectivity index (χ3n) is 16.5. The number of para-hydroxylation sites is 1. The van der Waals surface area contributed by atoms with Crippen LogP contribution in [-0.2, 0) is 27.1 Å². The van der Waals surface area contributed by atoms with Crippen LogP contribution in [0.1, 0.15) is 163 Å². The summed E-state index contributed by atoms with van der Waals surface area (Å²) in [5.74, 6) is 0. The molecule has 3 aliphatic heterocycles. The van der Waals surface area contributed by atoms with E-state index in [2.05, 4.69) is 233 Å². The molecule has 0 bridgehead atoms. The van der Waals surface area contributed by atoms with Gasteiger partial charge in [-0.05, 0) is 140 Å². The standard InChI is InChI=1S/C62H74BN3/c1-57(2,3)41-26-30-45(31-27-41)64-52-33-29-43(59(7,8)9)37-50(52)63-49-32-28-44(60(10,11)12)38-53(49)65(46-23-21-22-42(36-46)58(4,5)6)55-40-47(39-54(64)56(55)63)66-51-25-18-17-24-48(51)61(13)34-19-15-16-20-35-62(61,66)14/h17-18,21-33,36-40H,15-16,19-20,34-35H2,1-14H3. The van der Waals surface area contributed by atoms with Crippen molar-refractivity contribution in [2.24, 2.45) is 0 Å². The minimum Gasteiger partial charge on any atom is -0.334 e.